The Morgan fingerprint density at radius 2 is 1.69 bits per heavy atom. The van der Waals surface area contributed by atoms with Crippen molar-refractivity contribution in [3.63, 3.8) is 0 Å². The van der Waals surface area contributed by atoms with Gasteiger partial charge in [-0.1, -0.05) is 12.1 Å². The van der Waals surface area contributed by atoms with Crippen molar-refractivity contribution in [2.45, 2.75) is 20.8 Å². The molecule has 2 amide bonds. The van der Waals surface area contributed by atoms with Gasteiger partial charge in [0.15, 0.2) is 0 Å². The van der Waals surface area contributed by atoms with E-state index in [0.29, 0.717) is 13.1 Å². The van der Waals surface area contributed by atoms with Crippen LogP contribution in [-0.4, -0.2) is 85.9 Å². The first-order valence-corrected chi connectivity index (χ1v) is 9.50. The Balaban J connectivity index is 1.80. The molecule has 1 fully saturated rings. The van der Waals surface area contributed by atoms with Gasteiger partial charge in [-0.25, -0.2) is 0 Å². The molecule has 0 radical (unpaired) electrons. The summed E-state index contributed by atoms with van der Waals surface area (Å²) in [6.07, 6.45) is 0. The standard InChI is InChI=1S/C20H32N4O2/c1-5-22(6-2)19(25)15-21(4)16-20(26)24-12-10-23(11-13-24)18-9-7-8-17(3)14-18/h7-9,14H,5-6,10-13,15-16H2,1-4H3. The highest BCUT2D eigenvalue weighted by Crippen LogP contribution is 2.17. The zero-order chi connectivity index (χ0) is 19.1. The summed E-state index contributed by atoms with van der Waals surface area (Å²) in [6, 6.07) is 8.48. The summed E-state index contributed by atoms with van der Waals surface area (Å²) < 4.78 is 0. The van der Waals surface area contributed by atoms with Gasteiger partial charge in [0.25, 0.3) is 0 Å². The highest BCUT2D eigenvalue weighted by molar-refractivity contribution is 5.81. The molecule has 1 aliphatic rings. The molecule has 1 aromatic carbocycles. The molecule has 1 aromatic rings. The quantitative estimate of drug-likeness (QED) is 0.738. The second kappa shape index (κ2) is 9.57. The van der Waals surface area contributed by atoms with Crippen molar-refractivity contribution in [2.75, 3.05) is 64.3 Å². The van der Waals surface area contributed by atoms with Gasteiger partial charge in [0.05, 0.1) is 13.1 Å². The highest BCUT2D eigenvalue weighted by Gasteiger charge is 2.23. The fourth-order valence-corrected chi connectivity index (χ4v) is 3.33. The van der Waals surface area contributed by atoms with E-state index in [1.165, 1.54) is 11.3 Å². The molecular formula is C20H32N4O2. The Hall–Kier alpha value is -2.08. The molecule has 144 valence electrons. The van der Waals surface area contributed by atoms with Crippen LogP contribution in [-0.2, 0) is 9.59 Å². The molecule has 0 N–H and O–H groups in total. The number of rotatable bonds is 7. The minimum atomic E-state index is 0.0783. The molecule has 0 aliphatic carbocycles. The van der Waals surface area contributed by atoms with Crippen LogP contribution in [0.25, 0.3) is 0 Å². The van der Waals surface area contributed by atoms with Crippen molar-refractivity contribution in [1.29, 1.82) is 0 Å². The average molecular weight is 361 g/mol. The van der Waals surface area contributed by atoms with Gasteiger partial charge in [0.2, 0.25) is 11.8 Å². The maximum atomic E-state index is 12.5. The lowest BCUT2D eigenvalue weighted by atomic mass is 10.2. The summed E-state index contributed by atoms with van der Waals surface area (Å²) in [5, 5.41) is 0. The summed E-state index contributed by atoms with van der Waals surface area (Å²) in [5.41, 5.74) is 2.47. The van der Waals surface area contributed by atoms with Crippen LogP contribution in [0.2, 0.25) is 0 Å². The van der Waals surface area contributed by atoms with Crippen molar-refractivity contribution in [3.05, 3.63) is 29.8 Å². The van der Waals surface area contributed by atoms with Gasteiger partial charge in [0.1, 0.15) is 0 Å². The number of anilines is 1. The van der Waals surface area contributed by atoms with E-state index >= 15 is 0 Å². The number of hydrogen-bond acceptors (Lipinski definition) is 4. The minimum absolute atomic E-state index is 0.0783. The van der Waals surface area contributed by atoms with Crippen LogP contribution in [0.3, 0.4) is 0 Å². The number of nitrogens with zero attached hydrogens (tertiary/aromatic N) is 4. The Morgan fingerprint density at radius 1 is 1.04 bits per heavy atom. The Labute approximate surface area is 157 Å². The van der Waals surface area contributed by atoms with E-state index in [1.807, 2.05) is 30.7 Å². The third kappa shape index (κ3) is 5.46. The number of likely N-dealkylation sites (N-methyl/N-ethyl adjacent to an activating group) is 2. The number of carbonyl (C=O) groups is 2. The second-order valence-corrected chi connectivity index (χ2v) is 6.95. The van der Waals surface area contributed by atoms with Crippen LogP contribution < -0.4 is 4.90 Å². The normalized spacial score (nSPS) is 14.7. The monoisotopic (exact) mass is 360 g/mol. The summed E-state index contributed by atoms with van der Waals surface area (Å²) in [4.78, 5) is 32.5. The first kappa shape index (κ1) is 20.2. The number of aryl methyl sites for hydroxylation is 1. The van der Waals surface area contributed by atoms with Gasteiger partial charge in [0, 0.05) is 45.0 Å². The summed E-state index contributed by atoms with van der Waals surface area (Å²) in [5.74, 6) is 0.179. The zero-order valence-electron chi connectivity index (χ0n) is 16.6. The molecule has 0 saturated carbocycles. The third-order valence-corrected chi connectivity index (χ3v) is 4.93. The minimum Gasteiger partial charge on any atom is -0.368 e. The fourth-order valence-electron chi connectivity index (χ4n) is 3.33. The molecule has 0 atom stereocenters. The molecule has 26 heavy (non-hydrogen) atoms. The first-order chi connectivity index (χ1) is 12.4. The molecule has 0 aromatic heterocycles. The molecule has 1 heterocycles. The van der Waals surface area contributed by atoms with E-state index < -0.39 is 0 Å². The van der Waals surface area contributed by atoms with Crippen LogP contribution in [0, 0.1) is 6.92 Å². The van der Waals surface area contributed by atoms with E-state index in [2.05, 4.69) is 36.1 Å². The van der Waals surface area contributed by atoms with Crippen molar-refractivity contribution in [3.8, 4) is 0 Å². The predicted molar refractivity (Wildman–Crippen MR) is 105 cm³/mol. The topological polar surface area (TPSA) is 47.1 Å². The van der Waals surface area contributed by atoms with Crippen molar-refractivity contribution in [1.82, 2.24) is 14.7 Å². The van der Waals surface area contributed by atoms with Crippen LogP contribution in [0.4, 0.5) is 5.69 Å². The summed E-state index contributed by atoms with van der Waals surface area (Å²) in [6.45, 7) is 11.2. The molecule has 0 bridgehead atoms. The van der Waals surface area contributed by atoms with E-state index in [9.17, 15) is 9.59 Å². The summed E-state index contributed by atoms with van der Waals surface area (Å²) in [7, 11) is 1.84. The molecule has 0 unspecified atom stereocenters. The van der Waals surface area contributed by atoms with E-state index in [1.54, 1.807) is 4.90 Å². The predicted octanol–water partition coefficient (Wildman–Crippen LogP) is 1.44. The molecule has 2 rings (SSSR count). The Morgan fingerprint density at radius 3 is 2.27 bits per heavy atom. The van der Waals surface area contributed by atoms with Gasteiger partial charge in [-0.15, -0.1) is 0 Å². The molecule has 1 aliphatic heterocycles. The lowest BCUT2D eigenvalue weighted by Gasteiger charge is -2.37. The largest absolute Gasteiger partial charge is 0.368 e. The third-order valence-electron chi connectivity index (χ3n) is 4.93. The number of amides is 2. The van der Waals surface area contributed by atoms with E-state index in [4.69, 9.17) is 0 Å². The lowest BCUT2D eigenvalue weighted by molar-refractivity contribution is -0.135. The average Bonchev–Trinajstić information content (AvgIpc) is 2.62. The number of hydrogen-bond donors (Lipinski definition) is 0. The van der Waals surface area contributed by atoms with Gasteiger partial charge in [-0.3, -0.25) is 14.5 Å². The molecule has 0 spiro atoms. The molecule has 1 saturated heterocycles. The number of carbonyl (C=O) groups excluding carboxylic acids is 2. The van der Waals surface area contributed by atoms with Crippen molar-refractivity contribution >= 4 is 17.5 Å². The summed E-state index contributed by atoms with van der Waals surface area (Å²) >= 11 is 0. The van der Waals surface area contributed by atoms with Crippen LogP contribution >= 0.6 is 0 Å². The molecule has 6 heteroatoms. The number of piperazine rings is 1. The lowest BCUT2D eigenvalue weighted by Crippen LogP contribution is -2.51. The molecular weight excluding hydrogens is 328 g/mol. The van der Waals surface area contributed by atoms with E-state index in [-0.39, 0.29) is 24.9 Å². The van der Waals surface area contributed by atoms with Crippen molar-refractivity contribution < 1.29 is 9.59 Å². The second-order valence-electron chi connectivity index (χ2n) is 6.95. The Bertz CT molecular complexity index is 608. The van der Waals surface area contributed by atoms with Crippen LogP contribution in [0.1, 0.15) is 19.4 Å². The SMILES string of the molecule is CCN(CC)C(=O)CN(C)CC(=O)N1CCN(c2cccc(C)c2)CC1. The molecule has 6 nitrogen and oxygen atoms in total. The zero-order valence-corrected chi connectivity index (χ0v) is 16.6. The number of benzene rings is 1. The van der Waals surface area contributed by atoms with Gasteiger partial charge in [-0.05, 0) is 45.5 Å². The van der Waals surface area contributed by atoms with Crippen molar-refractivity contribution in [2.24, 2.45) is 0 Å². The van der Waals surface area contributed by atoms with Gasteiger partial charge >= 0.3 is 0 Å². The van der Waals surface area contributed by atoms with Crippen LogP contribution in [0.5, 0.6) is 0 Å². The van der Waals surface area contributed by atoms with Gasteiger partial charge < -0.3 is 14.7 Å². The fraction of sp³-hybridized carbons (Fsp3) is 0.600. The Kier molecular flexibility index (Phi) is 7.45. The highest BCUT2D eigenvalue weighted by atomic mass is 16.2. The van der Waals surface area contributed by atoms with E-state index in [0.717, 1.165) is 26.2 Å². The van der Waals surface area contributed by atoms with Crippen LogP contribution in [0.15, 0.2) is 24.3 Å². The maximum Gasteiger partial charge on any atom is 0.236 e. The first-order valence-electron chi connectivity index (χ1n) is 9.50. The maximum absolute atomic E-state index is 12.5. The van der Waals surface area contributed by atoms with Gasteiger partial charge in [-0.2, -0.15) is 0 Å². The smallest absolute Gasteiger partial charge is 0.236 e.